The van der Waals surface area contributed by atoms with Crippen molar-refractivity contribution in [3.8, 4) is 11.5 Å². The largest absolute Gasteiger partial charge is 0.493 e. The van der Waals surface area contributed by atoms with Crippen LogP contribution in [0.5, 0.6) is 11.5 Å². The molecule has 2 aromatic rings. The smallest absolute Gasteiger partial charge is 0.294 e. The summed E-state index contributed by atoms with van der Waals surface area (Å²) in [5, 5.41) is -0.437. The molecule has 2 heterocycles. The van der Waals surface area contributed by atoms with Crippen LogP contribution in [0.2, 0.25) is 0 Å². The van der Waals surface area contributed by atoms with E-state index < -0.39 is 11.1 Å². The summed E-state index contributed by atoms with van der Waals surface area (Å²) in [4.78, 5) is 40.7. The zero-order chi connectivity index (χ0) is 24.2. The van der Waals surface area contributed by atoms with Gasteiger partial charge >= 0.3 is 0 Å². The fraction of sp³-hybridized carbons (Fsp3) is 0.320. The van der Waals surface area contributed by atoms with Crippen molar-refractivity contribution in [1.82, 2.24) is 9.80 Å². The number of ether oxygens (including phenoxy) is 2. The van der Waals surface area contributed by atoms with Crippen LogP contribution in [-0.2, 0) is 16.2 Å². The SMILES string of the molecule is COc1cc(/C=C2/SC(=O)N(CC(=O)N3CCCC3)C2=O)cc(Br)c1OCc1cccc(C)c1. The Bertz CT molecular complexity index is 1160. The van der Waals surface area contributed by atoms with Crippen LogP contribution >= 0.6 is 27.7 Å². The summed E-state index contributed by atoms with van der Waals surface area (Å²) in [5.74, 6) is 0.389. The maximum absolute atomic E-state index is 12.8. The molecule has 2 aliphatic heterocycles. The van der Waals surface area contributed by atoms with Gasteiger partial charge in [0.2, 0.25) is 5.91 Å². The van der Waals surface area contributed by atoms with E-state index in [9.17, 15) is 14.4 Å². The van der Waals surface area contributed by atoms with Gasteiger partial charge in [0.1, 0.15) is 13.2 Å². The minimum absolute atomic E-state index is 0.194. The Labute approximate surface area is 211 Å². The van der Waals surface area contributed by atoms with E-state index in [1.54, 1.807) is 30.2 Å². The molecule has 2 aromatic carbocycles. The van der Waals surface area contributed by atoms with E-state index in [4.69, 9.17) is 9.47 Å². The predicted molar refractivity (Wildman–Crippen MR) is 135 cm³/mol. The lowest BCUT2D eigenvalue weighted by Crippen LogP contribution is -2.40. The fourth-order valence-corrected chi connectivity index (χ4v) is 5.32. The lowest BCUT2D eigenvalue weighted by atomic mass is 10.1. The van der Waals surface area contributed by atoms with Gasteiger partial charge in [-0.1, -0.05) is 29.8 Å². The molecular formula is C25H25BrN2O5S. The summed E-state index contributed by atoms with van der Waals surface area (Å²) in [6, 6.07) is 11.6. The first-order valence-corrected chi connectivity index (χ1v) is 12.6. The first-order valence-electron chi connectivity index (χ1n) is 10.9. The monoisotopic (exact) mass is 544 g/mol. The number of imide groups is 1. The van der Waals surface area contributed by atoms with E-state index in [-0.39, 0.29) is 17.4 Å². The Morgan fingerprint density at radius 2 is 1.94 bits per heavy atom. The second kappa shape index (κ2) is 10.7. The summed E-state index contributed by atoms with van der Waals surface area (Å²) in [5.41, 5.74) is 2.86. The molecule has 9 heteroatoms. The summed E-state index contributed by atoms with van der Waals surface area (Å²) < 4.78 is 12.2. The molecule has 0 radical (unpaired) electrons. The van der Waals surface area contributed by atoms with Crippen molar-refractivity contribution in [1.29, 1.82) is 0 Å². The highest BCUT2D eigenvalue weighted by molar-refractivity contribution is 9.10. The van der Waals surface area contributed by atoms with Crippen LogP contribution in [0.3, 0.4) is 0 Å². The Kier molecular flexibility index (Phi) is 7.63. The Balaban J connectivity index is 1.49. The van der Waals surface area contributed by atoms with E-state index in [2.05, 4.69) is 22.0 Å². The van der Waals surface area contributed by atoms with Crippen LogP contribution in [-0.4, -0.2) is 53.6 Å². The first-order chi connectivity index (χ1) is 16.4. The van der Waals surface area contributed by atoms with Gasteiger partial charge in [0.25, 0.3) is 11.1 Å². The summed E-state index contributed by atoms with van der Waals surface area (Å²) in [7, 11) is 1.54. The fourth-order valence-electron chi connectivity index (χ4n) is 3.91. The number of aryl methyl sites for hydroxylation is 1. The van der Waals surface area contributed by atoms with E-state index >= 15 is 0 Å². The van der Waals surface area contributed by atoms with Crippen molar-refractivity contribution in [3.63, 3.8) is 0 Å². The van der Waals surface area contributed by atoms with E-state index in [1.165, 1.54) is 0 Å². The van der Waals surface area contributed by atoms with E-state index in [1.807, 2.05) is 25.1 Å². The highest BCUT2D eigenvalue weighted by Crippen LogP contribution is 2.39. The van der Waals surface area contributed by atoms with Crippen molar-refractivity contribution in [3.05, 3.63) is 62.5 Å². The predicted octanol–water partition coefficient (Wildman–Crippen LogP) is 5.00. The number of carbonyl (C=O) groups is 3. The molecule has 0 aliphatic carbocycles. The number of benzene rings is 2. The van der Waals surface area contributed by atoms with Gasteiger partial charge in [0, 0.05) is 13.1 Å². The molecule has 0 unspecified atom stereocenters. The second-order valence-corrected chi connectivity index (χ2v) is 10.0. The minimum atomic E-state index is -0.461. The third kappa shape index (κ3) is 5.47. The van der Waals surface area contributed by atoms with Crippen LogP contribution in [0.25, 0.3) is 6.08 Å². The molecule has 0 atom stereocenters. The van der Waals surface area contributed by atoms with Crippen molar-refractivity contribution < 1.29 is 23.9 Å². The van der Waals surface area contributed by atoms with Gasteiger partial charge in [-0.3, -0.25) is 19.3 Å². The highest BCUT2D eigenvalue weighted by Gasteiger charge is 2.37. The molecule has 0 spiro atoms. The summed E-state index contributed by atoms with van der Waals surface area (Å²) in [6.07, 6.45) is 3.53. The Morgan fingerprint density at radius 3 is 2.65 bits per heavy atom. The minimum Gasteiger partial charge on any atom is -0.493 e. The molecule has 4 rings (SSSR count). The molecule has 2 fully saturated rings. The highest BCUT2D eigenvalue weighted by atomic mass is 79.9. The van der Waals surface area contributed by atoms with Crippen LogP contribution in [0.15, 0.2) is 45.8 Å². The number of methoxy groups -OCH3 is 1. The molecule has 0 aromatic heterocycles. The molecule has 2 saturated heterocycles. The van der Waals surface area contributed by atoms with Crippen LogP contribution in [0, 0.1) is 6.92 Å². The zero-order valence-electron chi connectivity index (χ0n) is 19.0. The molecule has 0 saturated carbocycles. The maximum Gasteiger partial charge on any atom is 0.294 e. The summed E-state index contributed by atoms with van der Waals surface area (Å²) >= 11 is 4.37. The number of likely N-dealkylation sites (tertiary alicyclic amines) is 1. The quantitative estimate of drug-likeness (QED) is 0.456. The number of hydrogen-bond acceptors (Lipinski definition) is 6. The average Bonchev–Trinajstić information content (AvgIpc) is 3.43. The molecule has 7 nitrogen and oxygen atoms in total. The van der Waals surface area contributed by atoms with Gasteiger partial charge in [-0.05, 0) is 76.8 Å². The third-order valence-corrected chi connectivity index (χ3v) is 7.14. The topological polar surface area (TPSA) is 76.2 Å². The average molecular weight is 545 g/mol. The Hall–Kier alpha value is -2.78. The number of hydrogen-bond donors (Lipinski definition) is 0. The molecule has 0 bridgehead atoms. The molecule has 0 N–H and O–H groups in total. The van der Waals surface area contributed by atoms with Crippen molar-refractivity contribution in [2.75, 3.05) is 26.7 Å². The Morgan fingerprint density at radius 1 is 1.18 bits per heavy atom. The van der Waals surface area contributed by atoms with Crippen LogP contribution in [0.1, 0.15) is 29.5 Å². The standard InChI is InChI=1S/C25H25BrN2O5S/c1-16-6-5-7-17(10-16)15-33-23-19(26)11-18(12-20(23)32-2)13-21-24(30)28(25(31)34-21)14-22(29)27-8-3-4-9-27/h5-7,10-13H,3-4,8-9,14-15H2,1-2H3/b21-13+. The maximum atomic E-state index is 12.8. The number of halogens is 1. The van der Waals surface area contributed by atoms with Gasteiger partial charge in [-0.25, -0.2) is 0 Å². The van der Waals surface area contributed by atoms with Gasteiger partial charge in [0.05, 0.1) is 16.5 Å². The van der Waals surface area contributed by atoms with Gasteiger partial charge in [-0.15, -0.1) is 0 Å². The van der Waals surface area contributed by atoms with Crippen molar-refractivity contribution in [2.45, 2.75) is 26.4 Å². The summed E-state index contributed by atoms with van der Waals surface area (Å²) in [6.45, 7) is 3.54. The normalized spacial score (nSPS) is 17.1. The third-order valence-electron chi connectivity index (χ3n) is 5.64. The second-order valence-electron chi connectivity index (χ2n) is 8.17. The first kappa shape index (κ1) is 24.3. The van der Waals surface area contributed by atoms with Crippen molar-refractivity contribution in [2.24, 2.45) is 0 Å². The molecule has 2 aliphatic rings. The number of rotatable bonds is 7. The number of nitrogens with zero attached hydrogens (tertiary/aromatic N) is 2. The lowest BCUT2D eigenvalue weighted by molar-refractivity contribution is -0.135. The zero-order valence-corrected chi connectivity index (χ0v) is 21.4. The van der Waals surface area contributed by atoms with Crippen LogP contribution in [0.4, 0.5) is 4.79 Å². The number of thioether (sulfide) groups is 1. The van der Waals surface area contributed by atoms with Gasteiger partial charge in [0.15, 0.2) is 11.5 Å². The molecule has 178 valence electrons. The number of carbonyl (C=O) groups excluding carboxylic acids is 3. The number of amides is 3. The lowest BCUT2D eigenvalue weighted by Gasteiger charge is -2.18. The molecule has 34 heavy (non-hydrogen) atoms. The van der Waals surface area contributed by atoms with Gasteiger partial charge < -0.3 is 14.4 Å². The van der Waals surface area contributed by atoms with E-state index in [0.717, 1.165) is 40.6 Å². The van der Waals surface area contributed by atoms with Crippen molar-refractivity contribution >= 4 is 50.8 Å². The van der Waals surface area contributed by atoms with E-state index in [0.29, 0.717) is 41.2 Å². The van der Waals surface area contributed by atoms with Crippen LogP contribution < -0.4 is 9.47 Å². The molecule has 3 amide bonds. The molecular weight excluding hydrogens is 520 g/mol. The van der Waals surface area contributed by atoms with Gasteiger partial charge in [-0.2, -0.15) is 0 Å².